The van der Waals surface area contributed by atoms with Crippen LogP contribution in [0.5, 0.6) is 0 Å². The van der Waals surface area contributed by atoms with E-state index in [0.29, 0.717) is 25.6 Å². The normalized spacial score (nSPS) is 18.8. The van der Waals surface area contributed by atoms with Crippen molar-refractivity contribution in [3.63, 3.8) is 0 Å². The Labute approximate surface area is 183 Å². The lowest BCUT2D eigenvalue weighted by molar-refractivity contribution is -0.121. The van der Waals surface area contributed by atoms with E-state index in [-0.39, 0.29) is 35.9 Å². The summed E-state index contributed by atoms with van der Waals surface area (Å²) in [4.78, 5) is 20.9. The van der Waals surface area contributed by atoms with Crippen LogP contribution >= 0.6 is 24.0 Å². The fraction of sp³-hybridized carbons (Fsp3) is 0.778. The van der Waals surface area contributed by atoms with Crippen molar-refractivity contribution < 1.29 is 9.53 Å². The van der Waals surface area contributed by atoms with Crippen LogP contribution in [-0.4, -0.2) is 58.9 Å². The van der Waals surface area contributed by atoms with Crippen LogP contribution in [0.15, 0.2) is 4.99 Å². The van der Waals surface area contributed by atoms with Gasteiger partial charge in [0.2, 0.25) is 5.91 Å². The molecule has 0 aromatic carbocycles. The van der Waals surface area contributed by atoms with Crippen LogP contribution in [0.4, 0.5) is 0 Å². The molecule has 0 radical (unpaired) electrons. The summed E-state index contributed by atoms with van der Waals surface area (Å²) in [5, 5.41) is 14.3. The summed E-state index contributed by atoms with van der Waals surface area (Å²) >= 11 is 0. The quantitative estimate of drug-likeness (QED) is 0.200. The fourth-order valence-electron chi connectivity index (χ4n) is 3.14. The van der Waals surface area contributed by atoms with Gasteiger partial charge in [0.1, 0.15) is 12.4 Å². The van der Waals surface area contributed by atoms with Gasteiger partial charge in [0.15, 0.2) is 11.8 Å². The molecule has 1 aromatic heterocycles. The predicted molar refractivity (Wildman–Crippen MR) is 118 cm³/mol. The summed E-state index contributed by atoms with van der Waals surface area (Å²) in [5.41, 5.74) is 0. The van der Waals surface area contributed by atoms with Crippen LogP contribution in [0, 0.1) is 0 Å². The number of hydrogen-bond donors (Lipinski definition) is 3. The molecule has 3 N–H and O–H groups in total. The first-order valence-corrected chi connectivity index (χ1v) is 9.93. The molecule has 1 amide bonds. The summed E-state index contributed by atoms with van der Waals surface area (Å²) in [6.45, 7) is 4.68. The molecule has 3 rings (SSSR count). The predicted octanol–water partition coefficient (Wildman–Crippen LogP) is 0.971. The molecule has 1 aliphatic heterocycles. The molecule has 10 heteroatoms. The van der Waals surface area contributed by atoms with Gasteiger partial charge in [0.25, 0.3) is 0 Å². The molecule has 1 atom stereocenters. The van der Waals surface area contributed by atoms with Gasteiger partial charge < -0.3 is 20.7 Å². The zero-order chi connectivity index (χ0) is 19.1. The van der Waals surface area contributed by atoms with Gasteiger partial charge >= 0.3 is 0 Å². The van der Waals surface area contributed by atoms with E-state index in [1.807, 2.05) is 11.6 Å². The van der Waals surface area contributed by atoms with Gasteiger partial charge in [-0.3, -0.25) is 9.79 Å². The molecule has 0 spiro atoms. The zero-order valence-electron chi connectivity index (χ0n) is 16.7. The summed E-state index contributed by atoms with van der Waals surface area (Å²) in [6, 6.07) is 0.683. The largest absolute Gasteiger partial charge is 0.377 e. The number of methoxy groups -OCH3 is 1. The molecule has 2 aliphatic rings. The van der Waals surface area contributed by atoms with E-state index >= 15 is 0 Å². The third kappa shape index (κ3) is 7.19. The molecule has 1 aromatic rings. The lowest BCUT2D eigenvalue weighted by Crippen LogP contribution is -2.47. The Bertz CT molecular complexity index is 660. The van der Waals surface area contributed by atoms with Gasteiger partial charge in [0.05, 0.1) is 6.54 Å². The van der Waals surface area contributed by atoms with Crippen LogP contribution in [0.1, 0.15) is 50.7 Å². The number of nitrogens with zero attached hydrogens (tertiary/aromatic N) is 4. The van der Waals surface area contributed by atoms with Gasteiger partial charge in [-0.15, -0.1) is 24.0 Å². The monoisotopic (exact) mass is 505 g/mol. The highest BCUT2D eigenvalue weighted by Gasteiger charge is 2.23. The van der Waals surface area contributed by atoms with Crippen LogP contribution < -0.4 is 16.0 Å². The number of carbonyl (C=O) groups is 1. The number of rotatable bonds is 9. The van der Waals surface area contributed by atoms with E-state index in [4.69, 9.17) is 4.74 Å². The number of amides is 1. The molecule has 0 saturated heterocycles. The number of hydrogen-bond acceptors (Lipinski definition) is 5. The molecule has 9 nitrogen and oxygen atoms in total. The first kappa shape index (κ1) is 22.9. The maximum absolute atomic E-state index is 11.7. The summed E-state index contributed by atoms with van der Waals surface area (Å²) in [7, 11) is 1.65. The van der Waals surface area contributed by atoms with Crippen LogP contribution in [0.25, 0.3) is 0 Å². The van der Waals surface area contributed by atoms with Crippen molar-refractivity contribution in [3.05, 3.63) is 11.6 Å². The molecular formula is C18H32IN7O2. The van der Waals surface area contributed by atoms with Crippen molar-refractivity contribution in [1.29, 1.82) is 0 Å². The minimum atomic E-state index is 0. The Balaban J connectivity index is 0.00000280. The smallest absolute Gasteiger partial charge is 0.220 e. The maximum atomic E-state index is 11.7. The molecule has 1 saturated carbocycles. The number of nitrogens with one attached hydrogen (secondary N) is 3. The van der Waals surface area contributed by atoms with Gasteiger partial charge in [-0.2, -0.15) is 5.10 Å². The standard InChI is InChI=1S/C18H31N7O2.HI/c1-3-19-18(20-10-4-5-17(26)21-13-6-7-13)22-14-8-9-16-23-15(12-27-2)24-25(16)11-14;/h13-14H,3-12H2,1-2H3,(H,21,26)(H2,19,20,22);1H. The minimum absolute atomic E-state index is 0. The Morgan fingerprint density at radius 1 is 1.29 bits per heavy atom. The third-order valence-corrected chi connectivity index (χ3v) is 4.63. The van der Waals surface area contributed by atoms with Gasteiger partial charge in [-0.1, -0.05) is 0 Å². The van der Waals surface area contributed by atoms with Crippen LogP contribution in [0.2, 0.25) is 0 Å². The Morgan fingerprint density at radius 2 is 2.11 bits per heavy atom. The maximum Gasteiger partial charge on any atom is 0.220 e. The fourth-order valence-corrected chi connectivity index (χ4v) is 3.14. The van der Waals surface area contributed by atoms with Crippen molar-refractivity contribution in [3.8, 4) is 0 Å². The van der Waals surface area contributed by atoms with Crippen LogP contribution in [0.3, 0.4) is 0 Å². The number of aliphatic imine (C=N–C) groups is 1. The molecule has 1 aliphatic carbocycles. The Hall–Kier alpha value is -1.43. The van der Waals surface area contributed by atoms with Crippen molar-refractivity contribution in [2.75, 3.05) is 20.2 Å². The van der Waals surface area contributed by atoms with E-state index < -0.39 is 0 Å². The van der Waals surface area contributed by atoms with Crippen molar-refractivity contribution in [1.82, 2.24) is 30.7 Å². The van der Waals surface area contributed by atoms with E-state index in [0.717, 1.165) is 62.8 Å². The Kier molecular flexibility index (Phi) is 9.42. The van der Waals surface area contributed by atoms with E-state index in [2.05, 4.69) is 31.0 Å². The average molecular weight is 505 g/mol. The molecule has 28 heavy (non-hydrogen) atoms. The number of aryl methyl sites for hydroxylation is 1. The van der Waals surface area contributed by atoms with Crippen LogP contribution in [-0.2, 0) is 29.1 Å². The first-order valence-electron chi connectivity index (χ1n) is 9.93. The van der Waals surface area contributed by atoms with E-state index in [9.17, 15) is 4.79 Å². The molecule has 0 bridgehead atoms. The number of carbonyl (C=O) groups excluding carboxylic acids is 1. The highest BCUT2D eigenvalue weighted by molar-refractivity contribution is 14.0. The number of fused-ring (bicyclic) bond motifs is 1. The molecule has 2 heterocycles. The number of halogens is 1. The highest BCUT2D eigenvalue weighted by Crippen LogP contribution is 2.18. The third-order valence-electron chi connectivity index (χ3n) is 4.63. The first-order chi connectivity index (χ1) is 13.2. The lowest BCUT2D eigenvalue weighted by Gasteiger charge is -2.25. The van der Waals surface area contributed by atoms with E-state index in [1.165, 1.54) is 0 Å². The summed E-state index contributed by atoms with van der Waals surface area (Å²) in [5.74, 6) is 2.69. The Morgan fingerprint density at radius 3 is 2.82 bits per heavy atom. The van der Waals surface area contributed by atoms with Crippen molar-refractivity contribution in [2.24, 2.45) is 4.99 Å². The number of guanidine groups is 1. The van der Waals surface area contributed by atoms with Crippen molar-refractivity contribution in [2.45, 2.75) is 70.7 Å². The summed E-state index contributed by atoms with van der Waals surface area (Å²) < 4.78 is 7.07. The van der Waals surface area contributed by atoms with Gasteiger partial charge in [-0.25, -0.2) is 9.67 Å². The van der Waals surface area contributed by atoms with E-state index in [1.54, 1.807) is 7.11 Å². The SMILES string of the molecule is CCNC(=NCCCC(=O)NC1CC1)NC1CCc2nc(COC)nn2C1.I. The average Bonchev–Trinajstić information content (AvgIpc) is 3.36. The van der Waals surface area contributed by atoms with Crippen molar-refractivity contribution >= 4 is 35.8 Å². The molecule has 158 valence electrons. The molecule has 1 unspecified atom stereocenters. The number of ether oxygens (including phenoxy) is 1. The highest BCUT2D eigenvalue weighted by atomic mass is 127. The topological polar surface area (TPSA) is 105 Å². The second kappa shape index (κ2) is 11.5. The molecule has 1 fully saturated rings. The lowest BCUT2D eigenvalue weighted by atomic mass is 10.1. The summed E-state index contributed by atoms with van der Waals surface area (Å²) in [6.07, 6.45) is 5.41. The molecular weight excluding hydrogens is 473 g/mol. The van der Waals surface area contributed by atoms with Gasteiger partial charge in [0, 0.05) is 45.1 Å². The second-order valence-electron chi connectivity index (χ2n) is 7.15. The minimum Gasteiger partial charge on any atom is -0.377 e. The second-order valence-corrected chi connectivity index (χ2v) is 7.15. The number of aromatic nitrogens is 3. The zero-order valence-corrected chi connectivity index (χ0v) is 19.1. The van der Waals surface area contributed by atoms with Gasteiger partial charge in [-0.05, 0) is 32.6 Å².